The van der Waals surface area contributed by atoms with Gasteiger partial charge in [-0.1, -0.05) is 29.3 Å². The zero-order valence-electron chi connectivity index (χ0n) is 10.9. The first-order valence-electron chi connectivity index (χ1n) is 6.10. The summed E-state index contributed by atoms with van der Waals surface area (Å²) in [7, 11) is -1.90. The van der Waals surface area contributed by atoms with Crippen LogP contribution >= 0.6 is 23.2 Å². The molecule has 0 saturated carbocycles. The standard InChI is InChI=1S/C14H9Cl2FN2O2S/c15-7-4-5-9(14-12(7)8(16)6-18-14)19-22(21)11-3-1-2-10(20)13(11)17/h1-6,18-20H. The van der Waals surface area contributed by atoms with E-state index in [1.807, 2.05) is 0 Å². The summed E-state index contributed by atoms with van der Waals surface area (Å²) in [5.41, 5.74) is 1.01. The number of hydrogen-bond acceptors (Lipinski definition) is 2. The molecule has 0 saturated heterocycles. The summed E-state index contributed by atoms with van der Waals surface area (Å²) < 4.78 is 28.8. The minimum absolute atomic E-state index is 0.152. The van der Waals surface area contributed by atoms with E-state index in [-0.39, 0.29) is 4.90 Å². The molecule has 0 fully saturated rings. The molecule has 0 bridgehead atoms. The molecule has 1 unspecified atom stereocenters. The van der Waals surface area contributed by atoms with E-state index in [1.165, 1.54) is 18.2 Å². The van der Waals surface area contributed by atoms with Crippen LogP contribution in [0.4, 0.5) is 10.1 Å². The number of nitrogens with one attached hydrogen (secondary N) is 2. The first kappa shape index (κ1) is 15.1. The molecule has 1 heterocycles. The van der Waals surface area contributed by atoms with Crippen LogP contribution in [-0.4, -0.2) is 14.3 Å². The highest BCUT2D eigenvalue weighted by Crippen LogP contribution is 2.35. The third-order valence-electron chi connectivity index (χ3n) is 3.08. The second-order valence-electron chi connectivity index (χ2n) is 4.44. The van der Waals surface area contributed by atoms with Gasteiger partial charge >= 0.3 is 0 Å². The predicted octanol–water partition coefficient (Wildman–Crippen LogP) is 4.45. The van der Waals surface area contributed by atoms with Crippen molar-refractivity contribution < 1.29 is 13.7 Å². The molecule has 8 heteroatoms. The molecule has 3 N–H and O–H groups in total. The lowest BCUT2D eigenvalue weighted by atomic mass is 10.2. The average Bonchev–Trinajstić information content (AvgIpc) is 2.88. The maximum Gasteiger partial charge on any atom is 0.182 e. The van der Waals surface area contributed by atoms with Crippen molar-refractivity contribution in [3.63, 3.8) is 0 Å². The molecule has 0 aliphatic rings. The van der Waals surface area contributed by atoms with Crippen LogP contribution in [-0.2, 0) is 11.0 Å². The largest absolute Gasteiger partial charge is 0.505 e. The Morgan fingerprint density at radius 1 is 1.18 bits per heavy atom. The lowest BCUT2D eigenvalue weighted by Crippen LogP contribution is -2.07. The van der Waals surface area contributed by atoms with Gasteiger partial charge in [0.05, 0.1) is 26.1 Å². The quantitative estimate of drug-likeness (QED) is 0.647. The number of hydrogen-bond donors (Lipinski definition) is 3. The fourth-order valence-electron chi connectivity index (χ4n) is 2.05. The summed E-state index contributed by atoms with van der Waals surface area (Å²) in [5.74, 6) is -1.49. The van der Waals surface area contributed by atoms with Crippen LogP contribution < -0.4 is 4.72 Å². The van der Waals surface area contributed by atoms with E-state index in [2.05, 4.69) is 9.71 Å². The SMILES string of the molecule is O=S(Nc1ccc(Cl)c2c(Cl)c[nH]c12)c1cccc(O)c1F. The Hall–Kier alpha value is -1.76. The predicted molar refractivity (Wildman–Crippen MR) is 86.4 cm³/mol. The van der Waals surface area contributed by atoms with E-state index >= 15 is 0 Å². The number of aromatic amines is 1. The Balaban J connectivity index is 2.02. The number of halogens is 3. The van der Waals surface area contributed by atoms with Crippen molar-refractivity contribution in [1.29, 1.82) is 0 Å². The van der Waals surface area contributed by atoms with Gasteiger partial charge in [0.1, 0.15) is 0 Å². The summed E-state index contributed by atoms with van der Waals surface area (Å²) in [6, 6.07) is 7.13. The second kappa shape index (κ2) is 5.79. The molecule has 3 rings (SSSR count). The van der Waals surface area contributed by atoms with Crippen LogP contribution in [0.5, 0.6) is 5.75 Å². The van der Waals surface area contributed by atoms with Gasteiger partial charge in [-0.15, -0.1) is 0 Å². The Kier molecular flexibility index (Phi) is 3.99. The average molecular weight is 359 g/mol. The molecule has 0 spiro atoms. The van der Waals surface area contributed by atoms with Gasteiger partial charge in [0, 0.05) is 11.6 Å². The molecule has 0 aliphatic carbocycles. The smallest absolute Gasteiger partial charge is 0.182 e. The zero-order valence-corrected chi connectivity index (χ0v) is 13.2. The molecule has 3 aromatic rings. The zero-order chi connectivity index (χ0) is 15.9. The summed E-state index contributed by atoms with van der Waals surface area (Å²) >= 11 is 12.1. The van der Waals surface area contributed by atoms with Crippen LogP contribution in [0, 0.1) is 5.82 Å². The first-order chi connectivity index (χ1) is 10.5. The highest BCUT2D eigenvalue weighted by atomic mass is 35.5. The first-order valence-corrected chi connectivity index (χ1v) is 8.00. The number of benzene rings is 2. The molecule has 0 amide bonds. The fraction of sp³-hybridized carbons (Fsp3) is 0. The number of H-pyrrole nitrogens is 1. The van der Waals surface area contributed by atoms with E-state index in [1.54, 1.807) is 18.3 Å². The monoisotopic (exact) mass is 358 g/mol. The van der Waals surface area contributed by atoms with E-state index in [4.69, 9.17) is 23.2 Å². The maximum absolute atomic E-state index is 13.8. The highest BCUT2D eigenvalue weighted by Gasteiger charge is 2.16. The summed E-state index contributed by atoms with van der Waals surface area (Å²) in [5, 5.41) is 10.8. The molecule has 2 aromatic carbocycles. The number of rotatable bonds is 3. The third-order valence-corrected chi connectivity index (χ3v) is 4.81. The van der Waals surface area contributed by atoms with Crippen LogP contribution in [0.1, 0.15) is 0 Å². The van der Waals surface area contributed by atoms with Gasteiger partial charge in [-0.25, -0.2) is 8.60 Å². The molecular weight excluding hydrogens is 350 g/mol. The van der Waals surface area contributed by atoms with Crippen molar-refractivity contribution in [3.05, 3.63) is 52.4 Å². The Labute approximate surface area is 137 Å². The van der Waals surface area contributed by atoms with Gasteiger partial charge in [0.25, 0.3) is 0 Å². The number of anilines is 1. The summed E-state index contributed by atoms with van der Waals surface area (Å²) in [4.78, 5) is 2.77. The van der Waals surface area contributed by atoms with E-state index in [0.29, 0.717) is 26.6 Å². The van der Waals surface area contributed by atoms with Crippen LogP contribution in [0.25, 0.3) is 10.9 Å². The molecule has 0 aliphatic heterocycles. The van der Waals surface area contributed by atoms with Crippen molar-refractivity contribution in [2.75, 3.05) is 4.72 Å². The summed E-state index contributed by atoms with van der Waals surface area (Å²) in [6.07, 6.45) is 1.56. The van der Waals surface area contributed by atoms with Gasteiger partial charge < -0.3 is 10.1 Å². The molecule has 114 valence electrons. The van der Waals surface area contributed by atoms with Crippen molar-refractivity contribution in [1.82, 2.24) is 4.98 Å². The third kappa shape index (κ3) is 2.54. The number of fused-ring (bicyclic) bond motifs is 1. The van der Waals surface area contributed by atoms with Crippen molar-refractivity contribution >= 4 is 50.8 Å². The van der Waals surface area contributed by atoms with Crippen molar-refractivity contribution in [2.24, 2.45) is 0 Å². The molecular formula is C14H9Cl2FN2O2S. The molecule has 0 radical (unpaired) electrons. The Bertz CT molecular complexity index is 898. The molecule has 22 heavy (non-hydrogen) atoms. The maximum atomic E-state index is 13.8. The van der Waals surface area contributed by atoms with Crippen molar-refractivity contribution in [2.45, 2.75) is 4.90 Å². The molecule has 4 nitrogen and oxygen atoms in total. The molecule has 1 atom stereocenters. The fourth-order valence-corrected chi connectivity index (χ4v) is 3.56. The number of phenols is 1. The number of phenolic OH excluding ortho intramolecular Hbond substituents is 1. The minimum atomic E-state index is -1.90. The Morgan fingerprint density at radius 2 is 1.95 bits per heavy atom. The van der Waals surface area contributed by atoms with Crippen molar-refractivity contribution in [3.8, 4) is 5.75 Å². The van der Waals surface area contributed by atoms with Gasteiger partial charge in [-0.05, 0) is 24.3 Å². The summed E-state index contributed by atoms with van der Waals surface area (Å²) in [6.45, 7) is 0. The van der Waals surface area contributed by atoms with Crippen LogP contribution in [0.15, 0.2) is 41.4 Å². The van der Waals surface area contributed by atoms with E-state index < -0.39 is 22.6 Å². The molecule has 1 aromatic heterocycles. The van der Waals surface area contributed by atoms with Crippen LogP contribution in [0.3, 0.4) is 0 Å². The van der Waals surface area contributed by atoms with E-state index in [9.17, 15) is 13.7 Å². The lowest BCUT2D eigenvalue weighted by molar-refractivity contribution is 0.424. The van der Waals surface area contributed by atoms with E-state index in [0.717, 1.165) is 0 Å². The van der Waals surface area contributed by atoms with Gasteiger partial charge in [0.2, 0.25) is 0 Å². The van der Waals surface area contributed by atoms with Crippen LogP contribution in [0.2, 0.25) is 10.0 Å². The minimum Gasteiger partial charge on any atom is -0.505 e. The van der Waals surface area contributed by atoms with Gasteiger partial charge in [-0.2, -0.15) is 0 Å². The second-order valence-corrected chi connectivity index (χ2v) is 6.44. The highest BCUT2D eigenvalue weighted by molar-refractivity contribution is 7.86. The normalized spacial score (nSPS) is 12.5. The number of aromatic hydroxyl groups is 1. The van der Waals surface area contributed by atoms with Gasteiger partial charge in [0.15, 0.2) is 22.6 Å². The Morgan fingerprint density at radius 3 is 2.73 bits per heavy atom. The number of aromatic nitrogens is 1. The lowest BCUT2D eigenvalue weighted by Gasteiger charge is -2.09. The van der Waals surface area contributed by atoms with Gasteiger partial charge in [-0.3, -0.25) is 4.72 Å². The topological polar surface area (TPSA) is 65.1 Å².